The number of methoxy groups -OCH3 is 1. The molecule has 72 valence electrons. The van der Waals surface area contributed by atoms with Gasteiger partial charge in [0.1, 0.15) is 0 Å². The molecular weight excluding hydrogens is 152 g/mol. The summed E-state index contributed by atoms with van der Waals surface area (Å²) in [6, 6.07) is 0.879. The predicted molar refractivity (Wildman–Crippen MR) is 50.1 cm³/mol. The summed E-state index contributed by atoms with van der Waals surface area (Å²) in [6.07, 6.45) is 5.01. The molecule has 1 saturated carbocycles. The van der Waals surface area contributed by atoms with Gasteiger partial charge in [-0.05, 0) is 12.8 Å². The molecule has 0 saturated heterocycles. The third kappa shape index (κ3) is 3.09. The third-order valence-electron chi connectivity index (χ3n) is 2.53. The fourth-order valence-corrected chi connectivity index (χ4v) is 1.76. The fourth-order valence-electron chi connectivity index (χ4n) is 1.76. The van der Waals surface area contributed by atoms with Gasteiger partial charge in [0, 0.05) is 25.7 Å². The van der Waals surface area contributed by atoms with Gasteiger partial charge in [-0.15, -0.1) is 0 Å². The van der Waals surface area contributed by atoms with Gasteiger partial charge in [-0.25, -0.2) is 0 Å². The molecule has 0 spiro atoms. The van der Waals surface area contributed by atoms with Gasteiger partial charge in [-0.2, -0.15) is 0 Å². The standard InChI is InChI=1S/C9H20N2O/c1-12-7-6-11-9-5-3-2-4-8(9)10/h8-9,11H,2-7,10H2,1H3/t8-,9-/m0/s1. The lowest BCUT2D eigenvalue weighted by Crippen LogP contribution is -2.47. The Morgan fingerprint density at radius 1 is 1.42 bits per heavy atom. The van der Waals surface area contributed by atoms with E-state index in [1.807, 2.05) is 0 Å². The van der Waals surface area contributed by atoms with Crippen LogP contribution in [0.5, 0.6) is 0 Å². The van der Waals surface area contributed by atoms with Gasteiger partial charge in [-0.3, -0.25) is 0 Å². The minimum absolute atomic E-state index is 0.357. The Bertz CT molecular complexity index is 119. The Labute approximate surface area is 74.7 Å². The molecule has 0 aromatic carbocycles. The highest BCUT2D eigenvalue weighted by Gasteiger charge is 2.20. The minimum Gasteiger partial charge on any atom is -0.383 e. The van der Waals surface area contributed by atoms with Crippen molar-refractivity contribution < 1.29 is 4.74 Å². The van der Waals surface area contributed by atoms with E-state index in [0.29, 0.717) is 12.1 Å². The van der Waals surface area contributed by atoms with Gasteiger partial charge in [0.05, 0.1) is 6.61 Å². The van der Waals surface area contributed by atoms with Crippen LogP contribution in [0.1, 0.15) is 25.7 Å². The Kier molecular flexibility index (Phi) is 4.58. The van der Waals surface area contributed by atoms with Crippen molar-refractivity contribution in [3.8, 4) is 0 Å². The van der Waals surface area contributed by atoms with Crippen molar-refractivity contribution in [2.24, 2.45) is 5.73 Å². The summed E-state index contributed by atoms with van der Waals surface area (Å²) in [5.41, 5.74) is 5.96. The van der Waals surface area contributed by atoms with Crippen LogP contribution in [0.25, 0.3) is 0 Å². The fraction of sp³-hybridized carbons (Fsp3) is 1.00. The molecule has 0 heterocycles. The second-order valence-electron chi connectivity index (χ2n) is 3.50. The van der Waals surface area contributed by atoms with Crippen LogP contribution in [-0.4, -0.2) is 32.3 Å². The van der Waals surface area contributed by atoms with Crippen LogP contribution in [0, 0.1) is 0 Å². The molecule has 0 aromatic rings. The smallest absolute Gasteiger partial charge is 0.0587 e. The Balaban J connectivity index is 2.11. The Morgan fingerprint density at radius 3 is 2.83 bits per heavy atom. The third-order valence-corrected chi connectivity index (χ3v) is 2.53. The molecule has 1 fully saturated rings. The van der Waals surface area contributed by atoms with Gasteiger partial charge >= 0.3 is 0 Å². The van der Waals surface area contributed by atoms with E-state index in [1.165, 1.54) is 25.7 Å². The average molecular weight is 172 g/mol. The molecular formula is C9H20N2O. The van der Waals surface area contributed by atoms with Gasteiger partial charge in [0.2, 0.25) is 0 Å². The van der Waals surface area contributed by atoms with Crippen molar-refractivity contribution >= 4 is 0 Å². The lowest BCUT2D eigenvalue weighted by molar-refractivity contribution is 0.189. The normalized spacial score (nSPS) is 30.5. The lowest BCUT2D eigenvalue weighted by atomic mass is 9.91. The lowest BCUT2D eigenvalue weighted by Gasteiger charge is -2.29. The number of nitrogens with one attached hydrogen (secondary N) is 1. The van der Waals surface area contributed by atoms with Crippen molar-refractivity contribution in [3.63, 3.8) is 0 Å². The van der Waals surface area contributed by atoms with Gasteiger partial charge < -0.3 is 15.8 Å². The minimum atomic E-state index is 0.357. The topological polar surface area (TPSA) is 47.3 Å². The molecule has 0 aliphatic heterocycles. The summed E-state index contributed by atoms with van der Waals surface area (Å²) in [5, 5.41) is 3.42. The van der Waals surface area contributed by atoms with E-state index in [4.69, 9.17) is 10.5 Å². The largest absolute Gasteiger partial charge is 0.383 e. The highest BCUT2D eigenvalue weighted by molar-refractivity contribution is 4.83. The van der Waals surface area contributed by atoms with E-state index in [0.717, 1.165) is 13.2 Å². The molecule has 0 radical (unpaired) electrons. The molecule has 3 N–H and O–H groups in total. The van der Waals surface area contributed by atoms with Crippen LogP contribution in [0.3, 0.4) is 0 Å². The van der Waals surface area contributed by atoms with Crippen molar-refractivity contribution in [3.05, 3.63) is 0 Å². The molecule has 1 rings (SSSR count). The van der Waals surface area contributed by atoms with E-state index >= 15 is 0 Å². The van der Waals surface area contributed by atoms with Crippen molar-refractivity contribution in [1.29, 1.82) is 0 Å². The van der Waals surface area contributed by atoms with E-state index in [1.54, 1.807) is 7.11 Å². The number of ether oxygens (including phenoxy) is 1. The molecule has 3 heteroatoms. The molecule has 0 aromatic heterocycles. The molecule has 1 aliphatic carbocycles. The van der Waals surface area contributed by atoms with Crippen molar-refractivity contribution in [2.45, 2.75) is 37.8 Å². The SMILES string of the molecule is COCCN[C@H]1CCCC[C@@H]1N. The van der Waals surface area contributed by atoms with Gasteiger partial charge in [-0.1, -0.05) is 12.8 Å². The highest BCUT2D eigenvalue weighted by Crippen LogP contribution is 2.16. The van der Waals surface area contributed by atoms with Gasteiger partial charge in [0.25, 0.3) is 0 Å². The van der Waals surface area contributed by atoms with Crippen LogP contribution in [0.15, 0.2) is 0 Å². The molecule has 3 nitrogen and oxygen atoms in total. The van der Waals surface area contributed by atoms with Crippen LogP contribution in [-0.2, 0) is 4.74 Å². The first-order valence-electron chi connectivity index (χ1n) is 4.82. The number of hydrogen-bond donors (Lipinski definition) is 2. The van der Waals surface area contributed by atoms with Crippen molar-refractivity contribution in [1.82, 2.24) is 5.32 Å². The first kappa shape index (κ1) is 9.96. The van der Waals surface area contributed by atoms with Crippen LogP contribution in [0.4, 0.5) is 0 Å². The molecule has 0 bridgehead atoms. The number of nitrogens with two attached hydrogens (primary N) is 1. The van der Waals surface area contributed by atoms with E-state index in [-0.39, 0.29) is 0 Å². The monoisotopic (exact) mass is 172 g/mol. The summed E-state index contributed by atoms with van der Waals surface area (Å²) in [6.45, 7) is 1.71. The van der Waals surface area contributed by atoms with E-state index in [2.05, 4.69) is 5.32 Å². The number of hydrogen-bond acceptors (Lipinski definition) is 3. The molecule has 12 heavy (non-hydrogen) atoms. The first-order valence-corrected chi connectivity index (χ1v) is 4.82. The van der Waals surface area contributed by atoms with E-state index in [9.17, 15) is 0 Å². The average Bonchev–Trinajstić information content (AvgIpc) is 2.09. The summed E-state index contributed by atoms with van der Waals surface area (Å²) in [5.74, 6) is 0. The first-order chi connectivity index (χ1) is 5.84. The summed E-state index contributed by atoms with van der Waals surface area (Å²) in [4.78, 5) is 0. The van der Waals surface area contributed by atoms with E-state index < -0.39 is 0 Å². The van der Waals surface area contributed by atoms with Gasteiger partial charge in [0.15, 0.2) is 0 Å². The summed E-state index contributed by atoms with van der Waals surface area (Å²) in [7, 11) is 1.72. The van der Waals surface area contributed by atoms with Crippen LogP contribution >= 0.6 is 0 Å². The van der Waals surface area contributed by atoms with Crippen LogP contribution in [0.2, 0.25) is 0 Å². The zero-order valence-corrected chi connectivity index (χ0v) is 7.88. The second-order valence-corrected chi connectivity index (χ2v) is 3.50. The Morgan fingerprint density at radius 2 is 2.17 bits per heavy atom. The highest BCUT2D eigenvalue weighted by atomic mass is 16.5. The predicted octanol–water partition coefficient (Wildman–Crippen LogP) is 0.492. The number of rotatable bonds is 4. The summed E-state index contributed by atoms with van der Waals surface area (Å²) >= 11 is 0. The quantitative estimate of drug-likeness (QED) is 0.607. The second kappa shape index (κ2) is 5.51. The van der Waals surface area contributed by atoms with Crippen molar-refractivity contribution in [2.75, 3.05) is 20.3 Å². The summed E-state index contributed by atoms with van der Waals surface area (Å²) < 4.78 is 4.96. The zero-order valence-electron chi connectivity index (χ0n) is 7.88. The maximum absolute atomic E-state index is 5.96. The van der Waals surface area contributed by atoms with Crippen LogP contribution < -0.4 is 11.1 Å². The maximum Gasteiger partial charge on any atom is 0.0587 e. The molecule has 0 amide bonds. The molecule has 2 atom stereocenters. The maximum atomic E-state index is 5.96. The Hall–Kier alpha value is -0.120. The zero-order chi connectivity index (χ0) is 8.81. The molecule has 0 unspecified atom stereocenters. The molecule has 1 aliphatic rings.